The average molecular weight is 299 g/mol. The monoisotopic (exact) mass is 298 g/mol. The second-order valence-electron chi connectivity index (χ2n) is 3.42. The molecule has 0 spiro atoms. The van der Waals surface area contributed by atoms with E-state index in [1.165, 1.54) is 13.2 Å². The molecule has 1 aromatic rings. The summed E-state index contributed by atoms with van der Waals surface area (Å²) in [5.74, 6) is 0.614. The molecule has 1 rings (SSSR count). The summed E-state index contributed by atoms with van der Waals surface area (Å²) in [5, 5.41) is 0.743. The van der Waals surface area contributed by atoms with Crippen molar-refractivity contribution in [2.75, 3.05) is 19.5 Å². The van der Waals surface area contributed by atoms with Crippen LogP contribution in [-0.2, 0) is 9.53 Å². The third-order valence-electron chi connectivity index (χ3n) is 2.38. The number of carbonyl (C=O) groups excluding carboxylic acids is 1. The van der Waals surface area contributed by atoms with Gasteiger partial charge in [0.25, 0.3) is 0 Å². The molecule has 0 bridgehead atoms. The van der Waals surface area contributed by atoms with Gasteiger partial charge in [-0.2, -0.15) is 0 Å². The Morgan fingerprint density at radius 1 is 1.35 bits per heavy atom. The normalized spacial score (nSPS) is 12.4. The van der Waals surface area contributed by atoms with Crippen molar-refractivity contribution in [3.8, 4) is 5.75 Å². The molecule has 1 unspecified atom stereocenters. The standard InChI is InChI=1S/C13H15BrO3/c1-16-12-6-3-10(4-7-12)11(9-14)5-8-13(15)17-2/h3-8,11H,9H2,1-2H3/b8-5+. The molecule has 0 aliphatic carbocycles. The Morgan fingerprint density at radius 3 is 2.47 bits per heavy atom. The second-order valence-corrected chi connectivity index (χ2v) is 4.06. The van der Waals surface area contributed by atoms with Gasteiger partial charge in [0.1, 0.15) is 5.75 Å². The molecule has 0 heterocycles. The van der Waals surface area contributed by atoms with E-state index >= 15 is 0 Å². The van der Waals surface area contributed by atoms with Gasteiger partial charge in [0.15, 0.2) is 0 Å². The number of benzene rings is 1. The Morgan fingerprint density at radius 2 is 2.00 bits per heavy atom. The lowest BCUT2D eigenvalue weighted by molar-refractivity contribution is -0.134. The molecule has 3 nitrogen and oxygen atoms in total. The van der Waals surface area contributed by atoms with Gasteiger partial charge in [-0.05, 0) is 17.7 Å². The van der Waals surface area contributed by atoms with Gasteiger partial charge in [0.05, 0.1) is 14.2 Å². The molecule has 0 amide bonds. The van der Waals surface area contributed by atoms with Gasteiger partial charge in [-0.15, -0.1) is 0 Å². The predicted molar refractivity (Wildman–Crippen MR) is 70.7 cm³/mol. The highest BCUT2D eigenvalue weighted by Gasteiger charge is 2.07. The maximum atomic E-state index is 11.0. The van der Waals surface area contributed by atoms with Crippen molar-refractivity contribution >= 4 is 21.9 Å². The zero-order valence-corrected chi connectivity index (χ0v) is 11.4. The van der Waals surface area contributed by atoms with Gasteiger partial charge in [-0.25, -0.2) is 4.79 Å². The van der Waals surface area contributed by atoms with Crippen molar-refractivity contribution in [2.24, 2.45) is 0 Å². The van der Waals surface area contributed by atoms with Crippen LogP contribution in [-0.4, -0.2) is 25.5 Å². The number of allylic oxidation sites excluding steroid dienone is 1. The zero-order chi connectivity index (χ0) is 12.7. The van der Waals surface area contributed by atoms with Gasteiger partial charge in [0, 0.05) is 17.3 Å². The first-order valence-corrected chi connectivity index (χ1v) is 6.29. The molecule has 92 valence electrons. The van der Waals surface area contributed by atoms with Gasteiger partial charge in [-0.3, -0.25) is 0 Å². The first-order chi connectivity index (χ1) is 8.21. The topological polar surface area (TPSA) is 35.5 Å². The first-order valence-electron chi connectivity index (χ1n) is 5.17. The number of ether oxygens (including phenoxy) is 2. The summed E-state index contributed by atoms with van der Waals surface area (Å²) in [6.07, 6.45) is 3.26. The van der Waals surface area contributed by atoms with Gasteiger partial charge in [-0.1, -0.05) is 34.1 Å². The summed E-state index contributed by atoms with van der Waals surface area (Å²) in [6.45, 7) is 0. The Hall–Kier alpha value is -1.29. The lowest BCUT2D eigenvalue weighted by Crippen LogP contribution is -2.00. The minimum absolute atomic E-state index is 0.139. The van der Waals surface area contributed by atoms with Crippen molar-refractivity contribution in [3.05, 3.63) is 42.0 Å². The minimum atomic E-state index is -0.343. The van der Waals surface area contributed by atoms with E-state index in [1.54, 1.807) is 7.11 Å². The summed E-state index contributed by atoms with van der Waals surface area (Å²) in [5.41, 5.74) is 1.11. The number of hydrogen-bond donors (Lipinski definition) is 0. The van der Waals surface area contributed by atoms with Crippen LogP contribution in [0.4, 0.5) is 0 Å². The lowest BCUT2D eigenvalue weighted by Gasteiger charge is -2.10. The van der Waals surface area contributed by atoms with Crippen LogP contribution >= 0.6 is 15.9 Å². The van der Waals surface area contributed by atoms with Crippen LogP contribution < -0.4 is 4.74 Å². The largest absolute Gasteiger partial charge is 0.497 e. The lowest BCUT2D eigenvalue weighted by atomic mass is 10.0. The van der Waals surface area contributed by atoms with Crippen LogP contribution in [0.25, 0.3) is 0 Å². The summed E-state index contributed by atoms with van der Waals surface area (Å²) in [6, 6.07) is 7.76. The first kappa shape index (κ1) is 13.8. The minimum Gasteiger partial charge on any atom is -0.497 e. The Bertz CT molecular complexity index is 384. The molecule has 0 aromatic heterocycles. The summed E-state index contributed by atoms with van der Waals surface area (Å²) in [7, 11) is 3.00. The van der Waals surface area contributed by atoms with E-state index in [1.807, 2.05) is 30.3 Å². The Kier molecular flexibility index (Phi) is 5.77. The van der Waals surface area contributed by atoms with Crippen molar-refractivity contribution in [1.82, 2.24) is 0 Å². The van der Waals surface area contributed by atoms with Crippen LogP contribution in [0, 0.1) is 0 Å². The van der Waals surface area contributed by atoms with Crippen LogP contribution in [0.1, 0.15) is 11.5 Å². The molecule has 0 radical (unpaired) electrons. The number of halogens is 1. The molecule has 0 fully saturated rings. The van der Waals surface area contributed by atoms with Crippen LogP contribution in [0.2, 0.25) is 0 Å². The van der Waals surface area contributed by atoms with Gasteiger partial charge >= 0.3 is 5.97 Å². The van der Waals surface area contributed by atoms with Crippen LogP contribution in [0.15, 0.2) is 36.4 Å². The highest BCUT2D eigenvalue weighted by atomic mass is 79.9. The third kappa shape index (κ3) is 4.23. The summed E-state index contributed by atoms with van der Waals surface area (Å²) < 4.78 is 9.65. The maximum Gasteiger partial charge on any atom is 0.330 e. The Labute approximate surface area is 110 Å². The van der Waals surface area contributed by atoms with E-state index in [4.69, 9.17) is 4.74 Å². The van der Waals surface area contributed by atoms with Crippen molar-refractivity contribution < 1.29 is 14.3 Å². The number of methoxy groups -OCH3 is 2. The van der Waals surface area contributed by atoms with Crippen LogP contribution in [0.3, 0.4) is 0 Å². The smallest absolute Gasteiger partial charge is 0.330 e. The number of rotatable bonds is 5. The van der Waals surface area contributed by atoms with Crippen molar-refractivity contribution in [1.29, 1.82) is 0 Å². The molecule has 17 heavy (non-hydrogen) atoms. The number of alkyl halides is 1. The summed E-state index contributed by atoms with van der Waals surface area (Å²) in [4.78, 5) is 11.0. The van der Waals surface area contributed by atoms with E-state index in [9.17, 15) is 4.79 Å². The average Bonchev–Trinajstić information content (AvgIpc) is 2.39. The zero-order valence-electron chi connectivity index (χ0n) is 9.85. The molecule has 0 N–H and O–H groups in total. The quantitative estimate of drug-likeness (QED) is 0.476. The van der Waals surface area contributed by atoms with E-state index in [2.05, 4.69) is 20.7 Å². The molecule has 0 saturated carbocycles. The van der Waals surface area contributed by atoms with E-state index in [0.29, 0.717) is 0 Å². The number of hydrogen-bond acceptors (Lipinski definition) is 3. The van der Waals surface area contributed by atoms with Crippen molar-refractivity contribution in [2.45, 2.75) is 5.92 Å². The molecular formula is C13H15BrO3. The molecular weight excluding hydrogens is 284 g/mol. The fourth-order valence-electron chi connectivity index (χ4n) is 1.37. The predicted octanol–water partition coefficient (Wildman–Crippen LogP) is 2.90. The fraction of sp³-hybridized carbons (Fsp3) is 0.308. The molecule has 0 aliphatic heterocycles. The van der Waals surface area contributed by atoms with E-state index in [-0.39, 0.29) is 11.9 Å². The van der Waals surface area contributed by atoms with Gasteiger partial charge in [0.2, 0.25) is 0 Å². The molecule has 0 aliphatic rings. The Balaban J connectivity index is 2.78. The van der Waals surface area contributed by atoms with E-state index in [0.717, 1.165) is 16.6 Å². The fourth-order valence-corrected chi connectivity index (χ4v) is 1.96. The molecule has 0 saturated heterocycles. The van der Waals surface area contributed by atoms with E-state index < -0.39 is 0 Å². The second kappa shape index (κ2) is 7.12. The maximum absolute atomic E-state index is 11.0. The summed E-state index contributed by atoms with van der Waals surface area (Å²) >= 11 is 3.43. The molecule has 4 heteroatoms. The highest BCUT2D eigenvalue weighted by Crippen LogP contribution is 2.22. The number of carbonyl (C=O) groups is 1. The highest BCUT2D eigenvalue weighted by molar-refractivity contribution is 9.09. The number of esters is 1. The third-order valence-corrected chi connectivity index (χ3v) is 3.07. The van der Waals surface area contributed by atoms with Crippen LogP contribution in [0.5, 0.6) is 5.75 Å². The SMILES string of the molecule is COC(=O)/C=C/C(CBr)c1ccc(OC)cc1. The van der Waals surface area contributed by atoms with Crippen molar-refractivity contribution in [3.63, 3.8) is 0 Å². The van der Waals surface area contributed by atoms with Gasteiger partial charge < -0.3 is 9.47 Å². The molecule has 1 aromatic carbocycles. The molecule has 1 atom stereocenters.